The maximum atomic E-state index is 13.3. The van der Waals surface area contributed by atoms with E-state index in [-0.39, 0.29) is 11.6 Å². The summed E-state index contributed by atoms with van der Waals surface area (Å²) in [7, 11) is 0. The average Bonchev–Trinajstić information content (AvgIpc) is 3.01. The second-order valence-electron chi connectivity index (χ2n) is 5.71. The molecule has 0 radical (unpaired) electrons. The van der Waals surface area contributed by atoms with E-state index < -0.39 is 0 Å². The molecule has 0 saturated carbocycles. The van der Waals surface area contributed by atoms with Gasteiger partial charge in [-0.15, -0.1) is 0 Å². The highest BCUT2D eigenvalue weighted by Gasteiger charge is 2.17. The molecular formula is C20H15FN2O. The Balaban J connectivity index is 2.08. The fourth-order valence-electron chi connectivity index (χ4n) is 3.05. The molecule has 0 aliphatic rings. The molecule has 0 fully saturated rings. The lowest BCUT2D eigenvalue weighted by Gasteiger charge is -2.07. The molecule has 4 heteroatoms. The van der Waals surface area contributed by atoms with Crippen molar-refractivity contribution in [3.05, 3.63) is 78.5 Å². The number of nitrogens with zero attached hydrogens (tertiary/aromatic N) is 2. The third kappa shape index (κ3) is 2.24. The van der Waals surface area contributed by atoms with Gasteiger partial charge in [-0.2, -0.15) is 0 Å². The Hall–Kier alpha value is -3.14. The van der Waals surface area contributed by atoms with E-state index in [1.165, 1.54) is 18.3 Å². The molecule has 24 heavy (non-hydrogen) atoms. The zero-order valence-electron chi connectivity index (χ0n) is 13.1. The monoisotopic (exact) mass is 318 g/mol. The van der Waals surface area contributed by atoms with Gasteiger partial charge in [0.25, 0.3) is 0 Å². The van der Waals surface area contributed by atoms with Crippen molar-refractivity contribution in [2.24, 2.45) is 0 Å². The molecule has 0 amide bonds. The molecule has 0 unspecified atom stereocenters. The van der Waals surface area contributed by atoms with Crippen molar-refractivity contribution in [3.63, 3.8) is 0 Å². The molecule has 2 heterocycles. The number of fused-ring (bicyclic) bond motifs is 1. The number of aromatic hydroxyl groups is 1. The van der Waals surface area contributed by atoms with Gasteiger partial charge in [-0.3, -0.25) is 4.98 Å². The van der Waals surface area contributed by atoms with Crippen LogP contribution in [0.15, 0.2) is 67.0 Å². The van der Waals surface area contributed by atoms with Gasteiger partial charge in [0.15, 0.2) is 0 Å². The van der Waals surface area contributed by atoms with E-state index in [0.717, 1.165) is 33.4 Å². The highest BCUT2D eigenvalue weighted by atomic mass is 19.1. The Morgan fingerprint density at radius 1 is 1.00 bits per heavy atom. The normalized spacial score (nSPS) is 11.1. The third-order valence-corrected chi connectivity index (χ3v) is 4.17. The topological polar surface area (TPSA) is 38.1 Å². The van der Waals surface area contributed by atoms with Crippen LogP contribution in [0.5, 0.6) is 5.75 Å². The number of halogens is 1. The quantitative estimate of drug-likeness (QED) is 0.574. The second-order valence-corrected chi connectivity index (χ2v) is 5.71. The predicted octanol–water partition coefficient (Wildman–Crippen LogP) is 4.85. The first-order chi connectivity index (χ1) is 11.6. The van der Waals surface area contributed by atoms with Crippen LogP contribution in [-0.2, 0) is 0 Å². The van der Waals surface area contributed by atoms with Crippen molar-refractivity contribution in [1.82, 2.24) is 9.55 Å². The summed E-state index contributed by atoms with van der Waals surface area (Å²) in [4.78, 5) is 4.27. The highest BCUT2D eigenvalue weighted by Crippen LogP contribution is 2.38. The van der Waals surface area contributed by atoms with E-state index in [0.29, 0.717) is 0 Å². The molecule has 3 nitrogen and oxygen atoms in total. The molecule has 0 spiro atoms. The summed E-state index contributed by atoms with van der Waals surface area (Å²) in [6.45, 7) is 1.90. The van der Waals surface area contributed by atoms with Gasteiger partial charge in [0.2, 0.25) is 0 Å². The van der Waals surface area contributed by atoms with Crippen molar-refractivity contribution < 1.29 is 9.50 Å². The summed E-state index contributed by atoms with van der Waals surface area (Å²) in [5.74, 6) is -0.147. The molecule has 2 aromatic carbocycles. The van der Waals surface area contributed by atoms with E-state index in [9.17, 15) is 9.50 Å². The lowest BCUT2D eigenvalue weighted by Crippen LogP contribution is -1.95. The largest absolute Gasteiger partial charge is 0.506 e. The molecule has 4 rings (SSSR count). The van der Waals surface area contributed by atoms with Crippen LogP contribution < -0.4 is 0 Å². The Labute approximate surface area is 138 Å². The number of rotatable bonds is 2. The van der Waals surface area contributed by atoms with Crippen LogP contribution in [0.3, 0.4) is 0 Å². The zero-order valence-corrected chi connectivity index (χ0v) is 13.1. The van der Waals surface area contributed by atoms with Crippen LogP contribution in [0.2, 0.25) is 0 Å². The Kier molecular flexibility index (Phi) is 3.31. The molecule has 2 aromatic heterocycles. The van der Waals surface area contributed by atoms with E-state index in [4.69, 9.17) is 0 Å². The van der Waals surface area contributed by atoms with Gasteiger partial charge >= 0.3 is 0 Å². The van der Waals surface area contributed by atoms with Gasteiger partial charge in [0, 0.05) is 17.4 Å². The number of pyridine rings is 1. The molecule has 0 atom stereocenters. The third-order valence-electron chi connectivity index (χ3n) is 4.17. The molecule has 0 bridgehead atoms. The van der Waals surface area contributed by atoms with E-state index >= 15 is 0 Å². The summed E-state index contributed by atoms with van der Waals surface area (Å²) in [5, 5.41) is 11.2. The van der Waals surface area contributed by atoms with Crippen molar-refractivity contribution in [1.29, 1.82) is 0 Å². The van der Waals surface area contributed by atoms with Crippen LogP contribution in [0.1, 0.15) is 5.69 Å². The van der Waals surface area contributed by atoms with Crippen molar-refractivity contribution in [2.75, 3.05) is 0 Å². The smallest absolute Gasteiger partial charge is 0.143 e. The Morgan fingerprint density at radius 3 is 2.42 bits per heavy atom. The van der Waals surface area contributed by atoms with Crippen molar-refractivity contribution in [2.45, 2.75) is 6.92 Å². The van der Waals surface area contributed by atoms with Gasteiger partial charge in [-0.05, 0) is 36.8 Å². The summed E-state index contributed by atoms with van der Waals surface area (Å²) < 4.78 is 15.2. The number of hydrogen-bond acceptors (Lipinski definition) is 2. The van der Waals surface area contributed by atoms with Gasteiger partial charge in [-0.1, -0.05) is 30.3 Å². The lowest BCUT2D eigenvalue weighted by molar-refractivity contribution is 0.479. The first-order valence-corrected chi connectivity index (χ1v) is 7.66. The SMILES string of the molecule is Cc1ncc(O)c2c(-c3ccccc3)cn(-c3ccc(F)cc3)c12. The predicted molar refractivity (Wildman–Crippen MR) is 92.9 cm³/mol. The minimum absolute atomic E-state index is 0.135. The van der Waals surface area contributed by atoms with Crippen LogP contribution >= 0.6 is 0 Å². The van der Waals surface area contributed by atoms with E-state index in [2.05, 4.69) is 4.98 Å². The van der Waals surface area contributed by atoms with Crippen LogP contribution in [-0.4, -0.2) is 14.7 Å². The molecule has 0 aliphatic heterocycles. The minimum Gasteiger partial charge on any atom is -0.506 e. The molecule has 0 aliphatic carbocycles. The number of benzene rings is 2. The Bertz CT molecular complexity index is 1020. The molecule has 118 valence electrons. The van der Waals surface area contributed by atoms with Gasteiger partial charge in [0.1, 0.15) is 11.6 Å². The van der Waals surface area contributed by atoms with Gasteiger partial charge in [-0.25, -0.2) is 4.39 Å². The molecule has 0 saturated heterocycles. The van der Waals surface area contributed by atoms with E-state index in [1.807, 2.05) is 48.0 Å². The highest BCUT2D eigenvalue weighted by molar-refractivity contribution is 6.01. The van der Waals surface area contributed by atoms with Crippen LogP contribution in [0.25, 0.3) is 27.7 Å². The van der Waals surface area contributed by atoms with Crippen LogP contribution in [0.4, 0.5) is 4.39 Å². The Morgan fingerprint density at radius 2 is 1.71 bits per heavy atom. The zero-order chi connectivity index (χ0) is 16.7. The average molecular weight is 318 g/mol. The minimum atomic E-state index is -0.281. The molecule has 1 N–H and O–H groups in total. The summed E-state index contributed by atoms with van der Waals surface area (Å²) in [6.07, 6.45) is 3.43. The standard InChI is InChI=1S/C20H15FN2O/c1-13-20-19(18(24)11-22-13)17(14-5-3-2-4-6-14)12-23(20)16-9-7-15(21)8-10-16/h2-12,24H,1H3. The van der Waals surface area contributed by atoms with Crippen molar-refractivity contribution >= 4 is 10.9 Å². The molecule has 4 aromatic rings. The summed E-state index contributed by atoms with van der Waals surface area (Å²) in [5.41, 5.74) is 4.36. The maximum Gasteiger partial charge on any atom is 0.143 e. The fraction of sp³-hybridized carbons (Fsp3) is 0.0500. The van der Waals surface area contributed by atoms with Gasteiger partial charge < -0.3 is 9.67 Å². The summed E-state index contributed by atoms with van der Waals surface area (Å²) >= 11 is 0. The van der Waals surface area contributed by atoms with Gasteiger partial charge in [0.05, 0.1) is 22.8 Å². The fourth-order valence-corrected chi connectivity index (χ4v) is 3.05. The first-order valence-electron chi connectivity index (χ1n) is 7.66. The number of aryl methyl sites for hydroxylation is 1. The first kappa shape index (κ1) is 14.5. The second kappa shape index (κ2) is 5.49. The number of aromatic nitrogens is 2. The van der Waals surface area contributed by atoms with Crippen molar-refractivity contribution in [3.8, 4) is 22.6 Å². The summed E-state index contributed by atoms with van der Waals surface area (Å²) in [6, 6.07) is 16.2. The lowest BCUT2D eigenvalue weighted by atomic mass is 10.0. The number of hydrogen-bond donors (Lipinski definition) is 1. The van der Waals surface area contributed by atoms with Crippen LogP contribution in [0, 0.1) is 12.7 Å². The van der Waals surface area contributed by atoms with E-state index in [1.54, 1.807) is 12.1 Å². The maximum absolute atomic E-state index is 13.3. The molecular weight excluding hydrogens is 303 g/mol.